The molecule has 0 bridgehead atoms. The first-order valence-electron chi connectivity index (χ1n) is 7.07. The van der Waals surface area contributed by atoms with Crippen LogP contribution >= 0.6 is 23.4 Å². The van der Waals surface area contributed by atoms with Crippen LogP contribution in [0.15, 0.2) is 47.6 Å². The maximum absolute atomic E-state index is 13.1. The first-order chi connectivity index (χ1) is 12.0. The van der Waals surface area contributed by atoms with Gasteiger partial charge in [-0.25, -0.2) is 13.8 Å². The Kier molecular flexibility index (Phi) is 5.30. The molecule has 0 aliphatic rings. The van der Waals surface area contributed by atoms with Crippen LogP contribution < -0.4 is 5.32 Å². The molecule has 1 heterocycles. The highest BCUT2D eigenvalue weighted by atomic mass is 35.5. The molecular formula is C16H11ClF2N4OS. The fraction of sp³-hybridized carbons (Fsp3) is 0.0625. The summed E-state index contributed by atoms with van der Waals surface area (Å²) in [5, 5.41) is 10.3. The lowest BCUT2D eigenvalue weighted by atomic mass is 10.2. The molecule has 1 amide bonds. The Hall–Kier alpha value is -2.45. The second-order valence-corrected chi connectivity index (χ2v) is 6.32. The van der Waals surface area contributed by atoms with E-state index in [1.54, 1.807) is 24.3 Å². The molecule has 128 valence electrons. The summed E-state index contributed by atoms with van der Waals surface area (Å²) in [6, 6.07) is 10.2. The number of benzene rings is 2. The van der Waals surface area contributed by atoms with Gasteiger partial charge in [0.05, 0.1) is 5.75 Å². The van der Waals surface area contributed by atoms with E-state index in [9.17, 15) is 13.6 Å². The second kappa shape index (κ2) is 7.62. The van der Waals surface area contributed by atoms with E-state index in [1.165, 1.54) is 6.07 Å². The van der Waals surface area contributed by atoms with Gasteiger partial charge >= 0.3 is 0 Å². The van der Waals surface area contributed by atoms with Crippen LogP contribution in [0.3, 0.4) is 0 Å². The molecular weight excluding hydrogens is 370 g/mol. The minimum atomic E-state index is -1.02. The van der Waals surface area contributed by atoms with Crippen molar-refractivity contribution in [1.82, 2.24) is 15.2 Å². The van der Waals surface area contributed by atoms with E-state index >= 15 is 0 Å². The highest BCUT2D eigenvalue weighted by Crippen LogP contribution is 2.21. The summed E-state index contributed by atoms with van der Waals surface area (Å²) in [5.41, 5.74) is 0.997. The molecule has 0 radical (unpaired) electrons. The summed E-state index contributed by atoms with van der Waals surface area (Å²) in [5.74, 6) is -1.79. The first-order valence-corrected chi connectivity index (χ1v) is 8.43. The molecule has 0 spiro atoms. The third-order valence-corrected chi connectivity index (χ3v) is 4.22. The van der Waals surface area contributed by atoms with E-state index in [-0.39, 0.29) is 17.3 Å². The quantitative estimate of drug-likeness (QED) is 0.653. The molecule has 0 fully saturated rings. The van der Waals surface area contributed by atoms with Crippen molar-refractivity contribution in [2.45, 2.75) is 5.16 Å². The van der Waals surface area contributed by atoms with Crippen molar-refractivity contribution in [2.24, 2.45) is 0 Å². The monoisotopic (exact) mass is 380 g/mol. The van der Waals surface area contributed by atoms with E-state index in [0.29, 0.717) is 16.0 Å². The Bertz CT molecular complexity index is 901. The Morgan fingerprint density at radius 3 is 2.64 bits per heavy atom. The molecule has 5 nitrogen and oxygen atoms in total. The predicted octanol–water partition coefficient (Wildman–Crippen LogP) is 4.13. The van der Waals surface area contributed by atoms with Crippen molar-refractivity contribution >= 4 is 35.0 Å². The number of hydrogen-bond acceptors (Lipinski definition) is 4. The number of thioether (sulfide) groups is 1. The van der Waals surface area contributed by atoms with Gasteiger partial charge in [-0.3, -0.25) is 9.89 Å². The molecule has 0 aliphatic carbocycles. The molecule has 3 aromatic rings. The highest BCUT2D eigenvalue weighted by molar-refractivity contribution is 7.99. The zero-order valence-corrected chi connectivity index (χ0v) is 14.2. The fourth-order valence-electron chi connectivity index (χ4n) is 1.95. The minimum Gasteiger partial charge on any atom is -0.325 e. The molecule has 0 aliphatic heterocycles. The molecule has 3 rings (SSSR count). The van der Waals surface area contributed by atoms with Crippen LogP contribution in [0.2, 0.25) is 5.02 Å². The van der Waals surface area contributed by atoms with Crippen LogP contribution in [0, 0.1) is 11.6 Å². The van der Waals surface area contributed by atoms with Crippen LogP contribution in [0.4, 0.5) is 14.5 Å². The number of carbonyl (C=O) groups excluding carboxylic acids is 1. The lowest BCUT2D eigenvalue weighted by Gasteiger charge is -2.04. The number of nitrogens with one attached hydrogen (secondary N) is 2. The summed E-state index contributed by atoms with van der Waals surface area (Å²) in [6.45, 7) is 0. The van der Waals surface area contributed by atoms with Crippen molar-refractivity contribution in [3.8, 4) is 11.4 Å². The summed E-state index contributed by atoms with van der Waals surface area (Å²) in [7, 11) is 0. The number of halogens is 3. The maximum Gasteiger partial charge on any atom is 0.234 e. The Labute approximate surface area is 150 Å². The number of rotatable bonds is 5. The van der Waals surface area contributed by atoms with E-state index in [0.717, 1.165) is 29.5 Å². The minimum absolute atomic E-state index is 0.0247. The van der Waals surface area contributed by atoms with E-state index < -0.39 is 11.6 Å². The summed E-state index contributed by atoms with van der Waals surface area (Å²) < 4.78 is 26.0. The van der Waals surface area contributed by atoms with Crippen LogP contribution in [0.5, 0.6) is 0 Å². The third kappa shape index (κ3) is 4.55. The summed E-state index contributed by atoms with van der Waals surface area (Å²) in [6.07, 6.45) is 0. The Balaban J connectivity index is 1.57. The molecule has 0 atom stereocenters. The van der Waals surface area contributed by atoms with E-state index in [1.807, 2.05) is 0 Å². The van der Waals surface area contributed by atoms with Crippen LogP contribution in [0.1, 0.15) is 0 Å². The third-order valence-electron chi connectivity index (χ3n) is 3.12. The number of amides is 1. The molecule has 1 aromatic heterocycles. The number of carbonyl (C=O) groups is 1. The molecule has 2 aromatic carbocycles. The van der Waals surface area contributed by atoms with E-state index in [4.69, 9.17) is 11.6 Å². The Morgan fingerprint density at radius 1 is 1.16 bits per heavy atom. The van der Waals surface area contributed by atoms with Gasteiger partial charge in [-0.15, -0.1) is 5.10 Å². The smallest absolute Gasteiger partial charge is 0.234 e. The van der Waals surface area contributed by atoms with Crippen molar-refractivity contribution < 1.29 is 13.6 Å². The van der Waals surface area contributed by atoms with Crippen molar-refractivity contribution in [3.05, 3.63) is 59.1 Å². The summed E-state index contributed by atoms with van der Waals surface area (Å²) >= 11 is 6.95. The van der Waals surface area contributed by atoms with Gasteiger partial charge in [0.25, 0.3) is 0 Å². The van der Waals surface area contributed by atoms with E-state index in [2.05, 4.69) is 20.5 Å². The topological polar surface area (TPSA) is 70.7 Å². The largest absolute Gasteiger partial charge is 0.325 e. The molecule has 9 heteroatoms. The molecule has 2 N–H and O–H groups in total. The fourth-order valence-corrected chi connectivity index (χ4v) is 2.67. The van der Waals surface area contributed by atoms with Gasteiger partial charge in [0.2, 0.25) is 11.1 Å². The van der Waals surface area contributed by atoms with Crippen LogP contribution in [-0.4, -0.2) is 26.8 Å². The number of hydrogen-bond donors (Lipinski definition) is 2. The average molecular weight is 381 g/mol. The Morgan fingerprint density at radius 2 is 1.92 bits per heavy atom. The SMILES string of the molecule is O=C(CSc1n[nH]c(-c2ccc(Cl)cc2)n1)Nc1ccc(F)c(F)c1. The van der Waals surface area contributed by atoms with Crippen LogP contribution in [-0.2, 0) is 4.79 Å². The molecule has 0 saturated heterocycles. The van der Waals surface area contributed by atoms with Crippen molar-refractivity contribution in [1.29, 1.82) is 0 Å². The molecule has 0 unspecified atom stereocenters. The lowest BCUT2D eigenvalue weighted by Crippen LogP contribution is -2.14. The second-order valence-electron chi connectivity index (χ2n) is 4.94. The van der Waals surface area contributed by atoms with Gasteiger partial charge in [-0.1, -0.05) is 23.4 Å². The summed E-state index contributed by atoms with van der Waals surface area (Å²) in [4.78, 5) is 16.1. The van der Waals surface area contributed by atoms with Gasteiger partial charge in [-0.2, -0.15) is 0 Å². The number of anilines is 1. The maximum atomic E-state index is 13.1. The van der Waals surface area contributed by atoms with Gasteiger partial charge in [0, 0.05) is 22.3 Å². The number of aromatic amines is 1. The number of nitrogens with zero attached hydrogens (tertiary/aromatic N) is 2. The van der Waals surface area contributed by atoms with Gasteiger partial charge < -0.3 is 5.32 Å². The first kappa shape index (κ1) is 17.4. The van der Waals surface area contributed by atoms with Gasteiger partial charge in [-0.05, 0) is 36.4 Å². The zero-order valence-electron chi connectivity index (χ0n) is 12.6. The van der Waals surface area contributed by atoms with Gasteiger partial charge in [0.15, 0.2) is 17.5 Å². The molecule has 25 heavy (non-hydrogen) atoms. The highest BCUT2D eigenvalue weighted by Gasteiger charge is 2.10. The van der Waals surface area contributed by atoms with Gasteiger partial charge in [0.1, 0.15) is 0 Å². The standard InChI is InChI=1S/C16H11ClF2N4OS/c17-10-3-1-9(2-4-10)15-21-16(23-22-15)25-8-14(24)20-11-5-6-12(18)13(19)7-11/h1-7H,8H2,(H,20,24)(H,21,22,23). The van der Waals surface area contributed by atoms with Crippen LogP contribution in [0.25, 0.3) is 11.4 Å². The van der Waals surface area contributed by atoms with Crippen molar-refractivity contribution in [3.63, 3.8) is 0 Å². The number of H-pyrrole nitrogens is 1. The molecule has 0 saturated carbocycles. The predicted molar refractivity (Wildman–Crippen MR) is 92.5 cm³/mol. The van der Waals surface area contributed by atoms with Crippen molar-refractivity contribution in [2.75, 3.05) is 11.1 Å². The zero-order chi connectivity index (χ0) is 17.8. The average Bonchev–Trinajstić information content (AvgIpc) is 3.06. The normalized spacial score (nSPS) is 10.7. The number of aromatic nitrogens is 3. The lowest BCUT2D eigenvalue weighted by molar-refractivity contribution is -0.113.